The first-order chi connectivity index (χ1) is 12.0. The van der Waals surface area contributed by atoms with E-state index in [0.29, 0.717) is 11.8 Å². The number of aryl methyl sites for hydroxylation is 2. The number of hydrogen-bond donors (Lipinski definition) is 0. The maximum atomic E-state index is 3.69. The van der Waals surface area contributed by atoms with Crippen LogP contribution in [-0.2, 0) is 0 Å². The first-order valence-electron chi connectivity index (χ1n) is 9.80. The number of hydrogen-bond acceptors (Lipinski definition) is 0. The Labute approximate surface area is 155 Å². The van der Waals surface area contributed by atoms with Crippen LogP contribution in [0.4, 0.5) is 0 Å². The first-order valence-corrected chi connectivity index (χ1v) is 9.80. The summed E-state index contributed by atoms with van der Waals surface area (Å²) in [5.74, 6) is 2.10. The average Bonchev–Trinajstić information content (AvgIpc) is 3.41. The fraction of sp³-hybridized carbons (Fsp3) is 0.480. The Bertz CT molecular complexity index is 691. The lowest BCUT2D eigenvalue weighted by atomic mass is 9.76. The summed E-state index contributed by atoms with van der Waals surface area (Å²) in [6.07, 6.45) is 13.7. The molecule has 1 aromatic carbocycles. The largest absolute Gasteiger partial charge is 0.133 e. The summed E-state index contributed by atoms with van der Waals surface area (Å²) >= 11 is 0. The summed E-state index contributed by atoms with van der Waals surface area (Å²) < 4.78 is 0. The summed E-state index contributed by atoms with van der Waals surface area (Å²) in [7, 11) is 0. The fourth-order valence-corrected chi connectivity index (χ4v) is 4.23. The third-order valence-electron chi connectivity index (χ3n) is 5.64. The predicted molar refractivity (Wildman–Crippen MR) is 112 cm³/mol. The van der Waals surface area contributed by atoms with Gasteiger partial charge in [-0.05, 0) is 92.5 Å². The standard InChI is InChI=1S/C25H34/c1-7-10-11-13-21(9-3)25(22-14-15-22)20(6)24-17-23(12-8-2)18(4)16-19(24)5/h8,10,12-13,16-17,20,22,25H,1,9,11,14-15H2,2-6H3/b12-8+,21-13+/t20?,25-/m1/s1. The molecular weight excluding hydrogens is 300 g/mol. The quantitative estimate of drug-likeness (QED) is 0.340. The van der Waals surface area contributed by atoms with Crippen molar-refractivity contribution in [2.75, 3.05) is 0 Å². The van der Waals surface area contributed by atoms with E-state index >= 15 is 0 Å². The molecule has 0 spiro atoms. The van der Waals surface area contributed by atoms with E-state index in [-0.39, 0.29) is 0 Å². The molecular formula is C25H34. The molecule has 1 aliphatic carbocycles. The Balaban J connectivity index is 2.40. The van der Waals surface area contributed by atoms with Crippen LogP contribution in [0.15, 0.2) is 48.2 Å². The van der Waals surface area contributed by atoms with Crippen molar-refractivity contribution in [3.63, 3.8) is 0 Å². The highest BCUT2D eigenvalue weighted by Crippen LogP contribution is 2.49. The van der Waals surface area contributed by atoms with Crippen LogP contribution in [0, 0.1) is 25.7 Å². The molecule has 1 unspecified atom stereocenters. The summed E-state index contributed by atoms with van der Waals surface area (Å²) in [6.45, 7) is 15.0. The Kier molecular flexibility index (Phi) is 7.09. The molecule has 25 heavy (non-hydrogen) atoms. The Morgan fingerprint density at radius 1 is 1.28 bits per heavy atom. The van der Waals surface area contributed by atoms with Crippen molar-refractivity contribution >= 4 is 6.08 Å². The predicted octanol–water partition coefficient (Wildman–Crippen LogP) is 7.53. The molecule has 1 aliphatic rings. The minimum absolute atomic E-state index is 0.566. The number of allylic oxidation sites excluding steroid dienone is 4. The summed E-state index contributed by atoms with van der Waals surface area (Å²) in [6, 6.07) is 4.79. The molecule has 2 rings (SSSR count). The molecule has 0 nitrogen and oxygen atoms in total. The van der Waals surface area contributed by atoms with Crippen molar-refractivity contribution in [3.8, 4) is 0 Å². The van der Waals surface area contributed by atoms with Crippen molar-refractivity contribution in [2.45, 2.75) is 66.2 Å². The molecule has 134 valence electrons. The zero-order chi connectivity index (χ0) is 18.4. The Morgan fingerprint density at radius 3 is 2.56 bits per heavy atom. The van der Waals surface area contributed by atoms with Crippen molar-refractivity contribution in [3.05, 3.63) is 70.5 Å². The van der Waals surface area contributed by atoms with Crippen LogP contribution in [0.2, 0.25) is 0 Å². The molecule has 2 atom stereocenters. The second kappa shape index (κ2) is 9.07. The normalized spacial score (nSPS) is 17.4. The molecule has 0 N–H and O–H groups in total. The highest BCUT2D eigenvalue weighted by atomic mass is 14.4. The zero-order valence-electron chi connectivity index (χ0n) is 16.7. The van der Waals surface area contributed by atoms with Crippen LogP contribution >= 0.6 is 0 Å². The van der Waals surface area contributed by atoms with Gasteiger partial charge in [-0.25, -0.2) is 0 Å². The van der Waals surface area contributed by atoms with E-state index in [1.165, 1.54) is 35.1 Å². The monoisotopic (exact) mass is 334 g/mol. The van der Waals surface area contributed by atoms with Crippen molar-refractivity contribution in [2.24, 2.45) is 11.8 Å². The SMILES string of the molecule is C=C=CC/C=C(\CC)[C@H](C1CC1)C(C)c1cc(/C=C/C)c(C)cc1C. The smallest absolute Gasteiger partial charge is 0.00904 e. The molecule has 0 bridgehead atoms. The minimum Gasteiger partial charge on any atom is -0.133 e. The summed E-state index contributed by atoms with van der Waals surface area (Å²) in [5.41, 5.74) is 10.2. The van der Waals surface area contributed by atoms with E-state index in [2.05, 4.69) is 77.3 Å². The van der Waals surface area contributed by atoms with Gasteiger partial charge in [0.15, 0.2) is 0 Å². The molecule has 0 heterocycles. The highest BCUT2D eigenvalue weighted by molar-refractivity contribution is 5.56. The van der Waals surface area contributed by atoms with Crippen LogP contribution in [0.1, 0.15) is 74.6 Å². The van der Waals surface area contributed by atoms with Crippen LogP contribution in [-0.4, -0.2) is 0 Å². The van der Waals surface area contributed by atoms with Gasteiger partial charge in [0, 0.05) is 0 Å². The molecule has 1 aromatic rings. The second-order valence-corrected chi connectivity index (χ2v) is 7.49. The maximum absolute atomic E-state index is 3.69. The topological polar surface area (TPSA) is 0 Å². The molecule has 0 amide bonds. The summed E-state index contributed by atoms with van der Waals surface area (Å²) in [4.78, 5) is 0. The van der Waals surface area contributed by atoms with Gasteiger partial charge in [0.25, 0.3) is 0 Å². The zero-order valence-corrected chi connectivity index (χ0v) is 16.7. The van der Waals surface area contributed by atoms with Crippen LogP contribution < -0.4 is 0 Å². The van der Waals surface area contributed by atoms with E-state index in [0.717, 1.165) is 18.8 Å². The number of rotatable bonds is 8. The van der Waals surface area contributed by atoms with Crippen molar-refractivity contribution < 1.29 is 0 Å². The van der Waals surface area contributed by atoms with Gasteiger partial charge in [-0.1, -0.05) is 56.4 Å². The van der Waals surface area contributed by atoms with Crippen molar-refractivity contribution in [1.82, 2.24) is 0 Å². The molecule has 0 aromatic heterocycles. The molecule has 0 aliphatic heterocycles. The first kappa shape index (κ1) is 19.5. The van der Waals surface area contributed by atoms with Crippen LogP contribution in [0.3, 0.4) is 0 Å². The summed E-state index contributed by atoms with van der Waals surface area (Å²) in [5, 5.41) is 0. The average molecular weight is 335 g/mol. The lowest BCUT2D eigenvalue weighted by Crippen LogP contribution is -2.16. The third-order valence-corrected chi connectivity index (χ3v) is 5.64. The minimum atomic E-state index is 0.566. The second-order valence-electron chi connectivity index (χ2n) is 7.49. The van der Waals surface area contributed by atoms with E-state index in [1.807, 2.05) is 6.08 Å². The van der Waals surface area contributed by atoms with Crippen LogP contribution in [0.25, 0.3) is 6.08 Å². The molecule has 0 radical (unpaired) electrons. The maximum Gasteiger partial charge on any atom is -0.00904 e. The van der Waals surface area contributed by atoms with Gasteiger partial charge in [-0.3, -0.25) is 0 Å². The molecule has 1 saturated carbocycles. The Morgan fingerprint density at radius 2 is 2.00 bits per heavy atom. The molecule has 0 heteroatoms. The highest BCUT2D eigenvalue weighted by Gasteiger charge is 2.37. The van der Waals surface area contributed by atoms with Crippen molar-refractivity contribution in [1.29, 1.82) is 0 Å². The lowest BCUT2D eigenvalue weighted by Gasteiger charge is -2.29. The van der Waals surface area contributed by atoms with Gasteiger partial charge in [0.05, 0.1) is 0 Å². The van der Waals surface area contributed by atoms with Gasteiger partial charge in [-0.15, -0.1) is 5.73 Å². The van der Waals surface area contributed by atoms with E-state index in [4.69, 9.17) is 0 Å². The molecule has 0 saturated heterocycles. The molecule has 1 fully saturated rings. The third kappa shape index (κ3) is 4.86. The fourth-order valence-electron chi connectivity index (χ4n) is 4.23. The van der Waals surface area contributed by atoms with Crippen LogP contribution in [0.5, 0.6) is 0 Å². The number of benzene rings is 1. The lowest BCUT2D eigenvalue weighted by molar-refractivity contribution is 0.444. The van der Waals surface area contributed by atoms with E-state index in [1.54, 1.807) is 5.57 Å². The van der Waals surface area contributed by atoms with Gasteiger partial charge >= 0.3 is 0 Å². The van der Waals surface area contributed by atoms with Gasteiger partial charge in [0.1, 0.15) is 0 Å². The van der Waals surface area contributed by atoms with Gasteiger partial charge in [0.2, 0.25) is 0 Å². The van der Waals surface area contributed by atoms with E-state index < -0.39 is 0 Å². The van der Waals surface area contributed by atoms with Gasteiger partial charge < -0.3 is 0 Å². The van der Waals surface area contributed by atoms with E-state index in [9.17, 15) is 0 Å². The van der Waals surface area contributed by atoms with Gasteiger partial charge in [-0.2, -0.15) is 0 Å². The Hall–Kier alpha value is -1.78.